The minimum atomic E-state index is -1.95. The molecular weight excluding hydrogens is 825 g/mol. The lowest BCUT2D eigenvalue weighted by molar-refractivity contribution is -0.169. The molecule has 0 radical (unpaired) electrons. The molecule has 1 aliphatic heterocycles. The monoisotopic (exact) mass is 894 g/mol. The number of nitrogens with two attached hydrogens (primary N) is 8. The number of carbonyl (C=O) groups is 5. The molecule has 0 spiro atoms. The summed E-state index contributed by atoms with van der Waals surface area (Å²) in [4.78, 5) is 67.8. The molecule has 2 aromatic carbocycles. The van der Waals surface area contributed by atoms with E-state index in [0.717, 1.165) is 30.4 Å². The standard InChI is InChI=1S/C42H68BN13O8/c1-41-31-20-27(42(31,50)51)21-32(41)63-43(64-41)40(49)56-37(60)28(7-2-3-17-44)53-38(61)30(22-47)54-39(62)33(34(48)57)55-36(59)29(8-5-19-46)52-35(58)26-15-13-25(14-16-26)24-11-9-23(10-12-24)6-4-18-45/h9-16,27-34,40,57H,2-8,17-22,44-51H2,1H3,(H,52,58)(H,53,61)(H,54,62)(H,55,59)(H,56,60). The molecule has 6 rings (SSSR count). The number of rotatable bonds is 24. The van der Waals surface area contributed by atoms with Crippen molar-refractivity contribution >= 4 is 36.7 Å². The number of unbranched alkanes of at least 4 members (excludes halogenated alkanes) is 1. The van der Waals surface area contributed by atoms with Crippen molar-refractivity contribution in [3.8, 4) is 11.1 Å². The molecule has 1 saturated heterocycles. The van der Waals surface area contributed by atoms with Crippen molar-refractivity contribution in [2.75, 3.05) is 26.2 Å². The highest BCUT2D eigenvalue weighted by Gasteiger charge is 2.69. The fourth-order valence-corrected chi connectivity index (χ4v) is 8.75. The maximum absolute atomic E-state index is 13.6. The minimum Gasteiger partial charge on any atom is -0.403 e. The molecule has 10 atom stereocenters. The highest BCUT2D eigenvalue weighted by molar-refractivity contribution is 6.47. The van der Waals surface area contributed by atoms with Crippen molar-refractivity contribution in [3.05, 3.63) is 59.7 Å². The summed E-state index contributed by atoms with van der Waals surface area (Å²) in [7, 11) is -1.02. The zero-order valence-corrected chi connectivity index (χ0v) is 36.5. The lowest BCUT2D eigenvalue weighted by atomic mass is 9.50. The first-order valence-corrected chi connectivity index (χ1v) is 22.1. The minimum absolute atomic E-state index is 0.0736. The Kier molecular flexibility index (Phi) is 17.8. The van der Waals surface area contributed by atoms with Crippen LogP contribution in [0, 0.1) is 11.8 Å². The summed E-state index contributed by atoms with van der Waals surface area (Å²) in [6.45, 7) is 2.58. The van der Waals surface area contributed by atoms with Crippen LogP contribution in [0.15, 0.2) is 48.5 Å². The van der Waals surface area contributed by atoms with Crippen LogP contribution in [0.5, 0.6) is 0 Å². The molecule has 5 amide bonds. The lowest BCUT2D eigenvalue weighted by Crippen LogP contribution is -2.79. The van der Waals surface area contributed by atoms with Crippen LogP contribution < -0.4 is 72.5 Å². The molecule has 2 aromatic rings. The van der Waals surface area contributed by atoms with Gasteiger partial charge in [0.2, 0.25) is 23.6 Å². The molecule has 22 N–H and O–H groups in total. The third kappa shape index (κ3) is 12.0. The summed E-state index contributed by atoms with van der Waals surface area (Å²) >= 11 is 0. The Balaban J connectivity index is 1.18. The molecule has 1 heterocycles. The van der Waals surface area contributed by atoms with Crippen molar-refractivity contribution in [1.82, 2.24) is 26.6 Å². The number of nitrogens with one attached hydrogen (secondary N) is 5. The van der Waals surface area contributed by atoms with E-state index in [0.29, 0.717) is 38.8 Å². The zero-order chi connectivity index (χ0) is 46.8. The normalized spacial score (nSPS) is 23.5. The summed E-state index contributed by atoms with van der Waals surface area (Å²) in [6, 6.07) is 8.18. The quantitative estimate of drug-likeness (QED) is 0.0273. The number of aliphatic hydroxyl groups excluding tert-OH is 1. The Morgan fingerprint density at radius 2 is 1.28 bits per heavy atom. The summed E-state index contributed by atoms with van der Waals surface area (Å²) in [5, 5.41) is 23.2. The maximum atomic E-state index is 13.6. The predicted molar refractivity (Wildman–Crippen MR) is 240 cm³/mol. The molecule has 3 aliphatic carbocycles. The van der Waals surface area contributed by atoms with E-state index in [-0.39, 0.29) is 42.9 Å². The van der Waals surface area contributed by atoms with E-state index < -0.39 is 90.9 Å². The molecule has 2 bridgehead atoms. The molecular formula is C42H68BN13O8. The zero-order valence-electron chi connectivity index (χ0n) is 36.5. The van der Waals surface area contributed by atoms with Gasteiger partial charge in [-0.2, -0.15) is 0 Å². The van der Waals surface area contributed by atoms with Gasteiger partial charge in [0.15, 0.2) is 0 Å². The topological polar surface area (TPSA) is 392 Å². The van der Waals surface area contributed by atoms with E-state index in [1.54, 1.807) is 24.3 Å². The van der Waals surface area contributed by atoms with Crippen LogP contribution in [-0.2, 0) is 34.9 Å². The van der Waals surface area contributed by atoms with Crippen molar-refractivity contribution in [3.63, 3.8) is 0 Å². The predicted octanol–water partition coefficient (Wildman–Crippen LogP) is -3.84. The molecule has 0 aromatic heterocycles. The van der Waals surface area contributed by atoms with Crippen LogP contribution in [0.1, 0.15) is 74.2 Å². The number of carbonyl (C=O) groups excluding carboxylic acids is 5. The number of hydrogen-bond donors (Lipinski definition) is 14. The number of benzene rings is 2. The Bertz CT molecular complexity index is 1910. The fourth-order valence-electron chi connectivity index (χ4n) is 8.75. The van der Waals surface area contributed by atoms with Crippen molar-refractivity contribution in [2.45, 2.75) is 119 Å². The Morgan fingerprint density at radius 3 is 1.88 bits per heavy atom. The van der Waals surface area contributed by atoms with Gasteiger partial charge in [-0.1, -0.05) is 36.4 Å². The first-order chi connectivity index (χ1) is 30.5. The molecule has 4 fully saturated rings. The van der Waals surface area contributed by atoms with Crippen LogP contribution in [0.25, 0.3) is 11.1 Å². The van der Waals surface area contributed by atoms with Gasteiger partial charge in [0.25, 0.3) is 5.91 Å². The van der Waals surface area contributed by atoms with Gasteiger partial charge in [0, 0.05) is 18.0 Å². The van der Waals surface area contributed by atoms with Crippen LogP contribution >= 0.6 is 0 Å². The molecule has 3 saturated carbocycles. The summed E-state index contributed by atoms with van der Waals surface area (Å²) in [5.41, 5.74) is 49.4. The average molecular weight is 894 g/mol. The number of amides is 5. The van der Waals surface area contributed by atoms with Gasteiger partial charge in [0.1, 0.15) is 36.5 Å². The molecule has 64 heavy (non-hydrogen) atoms. The van der Waals surface area contributed by atoms with E-state index in [2.05, 4.69) is 26.6 Å². The molecule has 21 nitrogen and oxygen atoms in total. The van der Waals surface area contributed by atoms with E-state index in [1.165, 1.54) is 5.56 Å². The van der Waals surface area contributed by atoms with E-state index in [1.807, 2.05) is 31.2 Å². The summed E-state index contributed by atoms with van der Waals surface area (Å²) in [5.74, 6) is -4.06. The van der Waals surface area contributed by atoms with E-state index >= 15 is 0 Å². The smallest absolute Gasteiger partial charge is 0.403 e. The van der Waals surface area contributed by atoms with Gasteiger partial charge in [0.05, 0.1) is 17.4 Å². The van der Waals surface area contributed by atoms with Gasteiger partial charge in [-0.15, -0.1) is 0 Å². The fraction of sp³-hybridized carbons (Fsp3) is 0.595. The van der Waals surface area contributed by atoms with Gasteiger partial charge in [-0.05, 0) is 119 Å². The van der Waals surface area contributed by atoms with Gasteiger partial charge >= 0.3 is 7.12 Å². The summed E-state index contributed by atoms with van der Waals surface area (Å²) in [6.07, 6.45) is 2.43. The highest BCUT2D eigenvalue weighted by Crippen LogP contribution is 2.58. The lowest BCUT2D eigenvalue weighted by Gasteiger charge is -2.63. The number of aryl methyl sites for hydroxylation is 1. The average Bonchev–Trinajstić information content (AvgIpc) is 3.65. The highest BCUT2D eigenvalue weighted by atomic mass is 16.7. The van der Waals surface area contributed by atoms with Crippen LogP contribution in [-0.4, -0.2) is 122 Å². The van der Waals surface area contributed by atoms with Crippen LogP contribution in [0.3, 0.4) is 0 Å². The van der Waals surface area contributed by atoms with Crippen molar-refractivity contribution < 1.29 is 38.4 Å². The molecule has 10 unspecified atom stereocenters. The molecule has 4 aliphatic rings. The molecule has 352 valence electrons. The Hall–Kier alpha value is -4.59. The second-order valence-corrected chi connectivity index (χ2v) is 17.3. The van der Waals surface area contributed by atoms with Gasteiger partial charge < -0.3 is 86.9 Å². The SMILES string of the molecule is CC12OB(C(N)NC(=O)C(CCCCN)NC(=O)C(CN)NC(=O)C(NC(=O)C(CCCN)NC(=O)c3ccc(-c4ccc(CCCN)cc4)cc3)C(N)O)OC1CC1CC2C1(N)N. The van der Waals surface area contributed by atoms with Crippen molar-refractivity contribution in [2.24, 2.45) is 57.7 Å². The van der Waals surface area contributed by atoms with Crippen LogP contribution in [0.2, 0.25) is 0 Å². The van der Waals surface area contributed by atoms with E-state index in [9.17, 15) is 29.1 Å². The Morgan fingerprint density at radius 1 is 0.719 bits per heavy atom. The third-order valence-electron chi connectivity index (χ3n) is 12.7. The largest absolute Gasteiger partial charge is 0.497 e. The number of aliphatic hydroxyl groups is 1. The maximum Gasteiger partial charge on any atom is 0.497 e. The van der Waals surface area contributed by atoms with E-state index in [4.69, 9.17) is 55.2 Å². The van der Waals surface area contributed by atoms with Crippen molar-refractivity contribution in [1.29, 1.82) is 0 Å². The Labute approximate surface area is 374 Å². The third-order valence-corrected chi connectivity index (χ3v) is 12.7. The van der Waals surface area contributed by atoms with Gasteiger partial charge in [-0.25, -0.2) is 0 Å². The van der Waals surface area contributed by atoms with Crippen LogP contribution in [0.4, 0.5) is 0 Å². The molecule has 22 heteroatoms. The summed E-state index contributed by atoms with van der Waals surface area (Å²) < 4.78 is 12.4. The first-order valence-electron chi connectivity index (χ1n) is 22.1. The first kappa shape index (κ1) is 50.4. The second kappa shape index (κ2) is 22.5. The second-order valence-electron chi connectivity index (χ2n) is 17.3. The van der Waals surface area contributed by atoms with Gasteiger partial charge in [-0.3, -0.25) is 24.0 Å². The number of hydrogen-bond acceptors (Lipinski definition) is 16.